The molecule has 0 saturated heterocycles. The molecule has 0 fully saturated rings. The molecule has 0 aromatic rings. The average Bonchev–Trinajstić information content (AvgIpc) is 2.22. The van der Waals surface area contributed by atoms with Crippen LogP contribution in [0.15, 0.2) is 0 Å². The maximum absolute atomic E-state index is 11.3. The summed E-state index contributed by atoms with van der Waals surface area (Å²) in [5, 5.41) is 0. The van der Waals surface area contributed by atoms with Crippen molar-refractivity contribution in [1.82, 2.24) is 0 Å². The molecular formula is C11H21NdO2. The van der Waals surface area contributed by atoms with Crippen LogP contribution in [0.5, 0.6) is 0 Å². The molecule has 0 N–H and O–H groups in total. The number of carbonyl (C=O) groups is 1. The van der Waals surface area contributed by atoms with E-state index in [1.165, 1.54) is 32.1 Å². The Kier molecular flexibility index (Phi) is 10.9. The Balaban J connectivity index is 3.48. The van der Waals surface area contributed by atoms with Gasteiger partial charge in [-0.05, 0) is 0 Å². The Hall–Kier alpha value is 0.821. The number of carbonyl (C=O) groups excluding carboxylic acids is 1. The fourth-order valence-corrected chi connectivity index (χ4v) is 2.10. The van der Waals surface area contributed by atoms with Gasteiger partial charge in [0, 0.05) is 0 Å². The number of unbranched alkanes of at least 4 members (excludes halogenated alkanes) is 4. The Morgan fingerprint density at radius 1 is 1.21 bits per heavy atom. The van der Waals surface area contributed by atoms with E-state index in [0.717, 1.165) is 12.8 Å². The number of hydrogen-bond acceptors (Lipinski definition) is 2. The molecule has 81 valence electrons. The third-order valence-electron chi connectivity index (χ3n) is 2.58. The van der Waals surface area contributed by atoms with Gasteiger partial charge >= 0.3 is 116 Å². The molecule has 0 amide bonds. The second kappa shape index (κ2) is 10.3. The Morgan fingerprint density at radius 3 is 2.36 bits per heavy atom. The third kappa shape index (κ3) is 7.16. The van der Waals surface area contributed by atoms with Crippen molar-refractivity contribution in [2.75, 3.05) is 0 Å². The average molecular weight is 330 g/mol. The van der Waals surface area contributed by atoms with Crippen molar-refractivity contribution in [3.05, 3.63) is 0 Å². The van der Waals surface area contributed by atoms with Crippen LogP contribution in [0.3, 0.4) is 0 Å². The standard InChI is InChI=1S/C11H22O2.Nd/c1-3-5-6-7-8-9-10(4-2)11(12)13;/h10H,3-9H2,1-2H3,(H,12,13);/q;+1/p-1. The van der Waals surface area contributed by atoms with Crippen molar-refractivity contribution in [1.29, 1.82) is 0 Å². The van der Waals surface area contributed by atoms with E-state index < -0.39 is 0 Å². The zero-order valence-electron chi connectivity index (χ0n) is 9.34. The van der Waals surface area contributed by atoms with Gasteiger partial charge in [0.05, 0.1) is 0 Å². The van der Waals surface area contributed by atoms with Crippen LogP contribution in [0.1, 0.15) is 58.8 Å². The zero-order chi connectivity index (χ0) is 10.8. The maximum atomic E-state index is 11.3. The van der Waals surface area contributed by atoms with Gasteiger partial charge in [-0.3, -0.25) is 0 Å². The van der Waals surface area contributed by atoms with Crippen LogP contribution in [0.2, 0.25) is 0 Å². The summed E-state index contributed by atoms with van der Waals surface area (Å²) < 4.78 is 4.88. The molecule has 2 nitrogen and oxygen atoms in total. The van der Waals surface area contributed by atoms with Gasteiger partial charge in [0.1, 0.15) is 0 Å². The summed E-state index contributed by atoms with van der Waals surface area (Å²) >= 11 is 0.536. The van der Waals surface area contributed by atoms with Crippen LogP contribution in [0.25, 0.3) is 0 Å². The molecule has 0 heterocycles. The molecule has 0 rings (SSSR count). The van der Waals surface area contributed by atoms with Crippen molar-refractivity contribution < 1.29 is 45.2 Å². The predicted molar refractivity (Wildman–Crippen MR) is 53.2 cm³/mol. The summed E-state index contributed by atoms with van der Waals surface area (Å²) in [5.41, 5.74) is 0. The van der Waals surface area contributed by atoms with Gasteiger partial charge in [-0.25, -0.2) is 0 Å². The molecule has 0 aliphatic rings. The van der Waals surface area contributed by atoms with Gasteiger partial charge in [-0.15, -0.1) is 0 Å². The van der Waals surface area contributed by atoms with Crippen LogP contribution in [0, 0.1) is 45.3 Å². The van der Waals surface area contributed by atoms with E-state index in [0.29, 0.717) is 39.4 Å². The quantitative estimate of drug-likeness (QED) is 0.638. The molecule has 1 atom stereocenters. The summed E-state index contributed by atoms with van der Waals surface area (Å²) in [6, 6.07) is 0. The normalized spacial score (nSPS) is 12.4. The van der Waals surface area contributed by atoms with E-state index >= 15 is 0 Å². The Labute approximate surface area is 115 Å². The molecule has 0 spiro atoms. The van der Waals surface area contributed by atoms with Crippen LogP contribution in [-0.2, 0) is 5.86 Å². The minimum absolute atomic E-state index is 0.0228. The first-order valence-electron chi connectivity index (χ1n) is 5.63. The molecule has 0 saturated carbocycles. The van der Waals surface area contributed by atoms with Gasteiger partial charge in [0.25, 0.3) is 0 Å². The van der Waals surface area contributed by atoms with E-state index in [1.807, 2.05) is 0 Å². The first kappa shape index (κ1) is 14.8. The number of rotatable bonds is 8. The van der Waals surface area contributed by atoms with Gasteiger partial charge in [-0.2, -0.15) is 0 Å². The second-order valence-electron chi connectivity index (χ2n) is 3.73. The topological polar surface area (TPSA) is 26.3 Å². The predicted octanol–water partition coefficient (Wildman–Crippen LogP) is 3.38. The summed E-state index contributed by atoms with van der Waals surface area (Å²) in [6.45, 7) is 4.28. The minimum atomic E-state index is 0.0228. The van der Waals surface area contributed by atoms with Gasteiger partial charge in [-0.1, -0.05) is 0 Å². The van der Waals surface area contributed by atoms with Gasteiger partial charge in [0.15, 0.2) is 0 Å². The SMILES string of the molecule is CCCCCCCC(CC)C(=O)[O][Nd]. The molecule has 0 aromatic heterocycles. The monoisotopic (exact) mass is 327 g/mol. The van der Waals surface area contributed by atoms with Gasteiger partial charge in [0.2, 0.25) is 0 Å². The summed E-state index contributed by atoms with van der Waals surface area (Å²) in [5.74, 6) is 0.184. The Morgan fingerprint density at radius 2 is 1.86 bits per heavy atom. The van der Waals surface area contributed by atoms with Gasteiger partial charge < -0.3 is 0 Å². The van der Waals surface area contributed by atoms with Crippen LogP contribution < -0.4 is 0 Å². The zero-order valence-corrected chi connectivity index (χ0v) is 12.6. The second-order valence-corrected chi connectivity index (χ2v) is 4.38. The van der Waals surface area contributed by atoms with Crippen molar-refractivity contribution in [3.63, 3.8) is 0 Å². The third-order valence-corrected chi connectivity index (χ3v) is 3.23. The van der Waals surface area contributed by atoms with E-state index in [2.05, 4.69) is 13.8 Å². The van der Waals surface area contributed by atoms with Crippen molar-refractivity contribution in [2.24, 2.45) is 5.92 Å². The van der Waals surface area contributed by atoms with Crippen LogP contribution >= 0.6 is 0 Å². The van der Waals surface area contributed by atoms with Crippen molar-refractivity contribution in [3.8, 4) is 0 Å². The van der Waals surface area contributed by atoms with E-state index in [9.17, 15) is 4.79 Å². The van der Waals surface area contributed by atoms with Crippen molar-refractivity contribution in [2.45, 2.75) is 58.8 Å². The molecule has 14 heavy (non-hydrogen) atoms. The molecule has 0 bridgehead atoms. The van der Waals surface area contributed by atoms with E-state index in [4.69, 9.17) is 1.06 Å². The summed E-state index contributed by atoms with van der Waals surface area (Å²) in [7, 11) is 0. The molecule has 0 aromatic carbocycles. The molecule has 0 radical (unpaired) electrons. The first-order chi connectivity index (χ1) is 6.76. The van der Waals surface area contributed by atoms with E-state index in [-0.39, 0.29) is 11.9 Å². The van der Waals surface area contributed by atoms with Crippen molar-refractivity contribution >= 4 is 5.97 Å². The molecule has 0 aliphatic heterocycles. The summed E-state index contributed by atoms with van der Waals surface area (Å²) in [4.78, 5) is 11.3. The fraction of sp³-hybridized carbons (Fsp3) is 0.909. The molecule has 1 unspecified atom stereocenters. The van der Waals surface area contributed by atoms with E-state index in [1.54, 1.807) is 0 Å². The fourth-order valence-electron chi connectivity index (χ4n) is 1.57. The first-order valence-corrected chi connectivity index (χ1v) is 6.94. The molecule has 3 heteroatoms. The summed E-state index contributed by atoms with van der Waals surface area (Å²) in [6.07, 6.45) is 8.29. The van der Waals surface area contributed by atoms with Crippen LogP contribution in [-0.4, -0.2) is 5.97 Å². The molecule has 0 aliphatic carbocycles. The number of hydrogen-bond donors (Lipinski definition) is 0. The Bertz CT molecular complexity index is 148. The molecular weight excluding hydrogens is 308 g/mol. The van der Waals surface area contributed by atoms with Crippen LogP contribution in [0.4, 0.5) is 0 Å².